The number of aliphatic imine (C=N–C) groups is 1. The first-order valence-electron chi connectivity index (χ1n) is 9.70. The van der Waals surface area contributed by atoms with Gasteiger partial charge in [-0.3, -0.25) is 9.79 Å². The van der Waals surface area contributed by atoms with Gasteiger partial charge in [0, 0.05) is 13.6 Å². The van der Waals surface area contributed by atoms with Gasteiger partial charge in [-0.25, -0.2) is 4.39 Å². The van der Waals surface area contributed by atoms with Crippen molar-refractivity contribution >= 4 is 35.8 Å². The van der Waals surface area contributed by atoms with Crippen molar-refractivity contribution in [3.8, 4) is 5.75 Å². The van der Waals surface area contributed by atoms with Crippen LogP contribution in [0.3, 0.4) is 0 Å². The quantitative estimate of drug-likeness (QED) is 0.282. The summed E-state index contributed by atoms with van der Waals surface area (Å²) in [5, 5.41) is 3.22. The SMILES string of the molecule is CCNC(=NCC(Cc1ccc(F)cc1)C(N)=O)N(C)CCOc1ccccc1.I. The molecule has 0 aromatic heterocycles. The van der Waals surface area contributed by atoms with E-state index in [1.807, 2.05) is 49.2 Å². The molecule has 3 N–H and O–H groups in total. The number of para-hydroxylation sites is 1. The van der Waals surface area contributed by atoms with Crippen molar-refractivity contribution in [1.29, 1.82) is 0 Å². The highest BCUT2D eigenvalue weighted by molar-refractivity contribution is 14.0. The van der Waals surface area contributed by atoms with Gasteiger partial charge >= 0.3 is 0 Å². The van der Waals surface area contributed by atoms with Crippen molar-refractivity contribution in [1.82, 2.24) is 10.2 Å². The van der Waals surface area contributed by atoms with E-state index >= 15 is 0 Å². The Morgan fingerprint density at radius 1 is 1.20 bits per heavy atom. The Morgan fingerprint density at radius 3 is 2.47 bits per heavy atom. The maximum Gasteiger partial charge on any atom is 0.222 e. The number of hydrogen-bond donors (Lipinski definition) is 2. The normalized spacial score (nSPS) is 11.9. The minimum Gasteiger partial charge on any atom is -0.492 e. The second-order valence-electron chi connectivity index (χ2n) is 6.71. The van der Waals surface area contributed by atoms with E-state index in [0.717, 1.165) is 11.3 Å². The number of halogens is 2. The smallest absolute Gasteiger partial charge is 0.222 e. The van der Waals surface area contributed by atoms with Crippen LogP contribution in [-0.4, -0.2) is 50.1 Å². The molecule has 0 aliphatic heterocycles. The molecule has 2 rings (SSSR count). The zero-order valence-corrected chi connectivity index (χ0v) is 19.7. The summed E-state index contributed by atoms with van der Waals surface area (Å²) in [5.41, 5.74) is 6.41. The third kappa shape index (κ3) is 8.98. The van der Waals surface area contributed by atoms with Crippen molar-refractivity contribution in [3.63, 3.8) is 0 Å². The van der Waals surface area contributed by atoms with Gasteiger partial charge in [-0.1, -0.05) is 30.3 Å². The first-order valence-corrected chi connectivity index (χ1v) is 9.70. The van der Waals surface area contributed by atoms with Gasteiger partial charge in [0.2, 0.25) is 5.91 Å². The van der Waals surface area contributed by atoms with Crippen LogP contribution in [0.1, 0.15) is 12.5 Å². The topological polar surface area (TPSA) is 79.9 Å². The van der Waals surface area contributed by atoms with Gasteiger partial charge < -0.3 is 20.7 Å². The Kier molecular flexibility index (Phi) is 11.8. The van der Waals surface area contributed by atoms with Crippen LogP contribution in [0.2, 0.25) is 0 Å². The van der Waals surface area contributed by atoms with Crippen LogP contribution in [0.5, 0.6) is 5.75 Å². The van der Waals surface area contributed by atoms with Gasteiger partial charge in [-0.15, -0.1) is 24.0 Å². The molecule has 0 aliphatic carbocycles. The van der Waals surface area contributed by atoms with Crippen LogP contribution in [0.15, 0.2) is 59.6 Å². The van der Waals surface area contributed by atoms with E-state index < -0.39 is 11.8 Å². The lowest BCUT2D eigenvalue weighted by atomic mass is 9.99. The maximum absolute atomic E-state index is 13.1. The zero-order chi connectivity index (χ0) is 21.1. The summed E-state index contributed by atoms with van der Waals surface area (Å²) in [6, 6.07) is 15.7. The van der Waals surface area contributed by atoms with Crippen LogP contribution < -0.4 is 15.8 Å². The molecule has 2 aromatic carbocycles. The zero-order valence-electron chi connectivity index (χ0n) is 17.4. The number of nitrogens with zero attached hydrogens (tertiary/aromatic N) is 2. The summed E-state index contributed by atoms with van der Waals surface area (Å²) < 4.78 is 18.8. The van der Waals surface area contributed by atoms with E-state index in [0.29, 0.717) is 32.1 Å². The number of guanidine groups is 1. The Bertz CT molecular complexity index is 787. The Balaban J connectivity index is 0.00000450. The fourth-order valence-electron chi connectivity index (χ4n) is 2.75. The molecule has 0 saturated carbocycles. The standard InChI is InChI=1S/C22H29FN4O2.HI/c1-3-25-22(27(2)13-14-29-20-7-5-4-6-8-20)26-16-18(21(24)28)15-17-9-11-19(23)12-10-17;/h4-12,18H,3,13-16H2,1-2H3,(H2,24,28)(H,25,26);1H. The van der Waals surface area contributed by atoms with Crippen molar-refractivity contribution in [3.05, 3.63) is 66.0 Å². The van der Waals surface area contributed by atoms with Crippen molar-refractivity contribution in [2.75, 3.05) is 33.3 Å². The summed E-state index contributed by atoms with van der Waals surface area (Å²) in [6.45, 7) is 4.05. The summed E-state index contributed by atoms with van der Waals surface area (Å²) in [7, 11) is 1.91. The molecule has 0 bridgehead atoms. The van der Waals surface area contributed by atoms with Gasteiger partial charge in [0.25, 0.3) is 0 Å². The van der Waals surface area contributed by atoms with Gasteiger partial charge in [0.05, 0.1) is 19.0 Å². The number of likely N-dealkylation sites (N-methyl/N-ethyl adjacent to an activating group) is 1. The van der Waals surface area contributed by atoms with Crippen molar-refractivity contribution in [2.45, 2.75) is 13.3 Å². The molecule has 0 spiro atoms. The molecule has 0 fully saturated rings. The average Bonchev–Trinajstić information content (AvgIpc) is 2.72. The van der Waals surface area contributed by atoms with E-state index in [9.17, 15) is 9.18 Å². The maximum atomic E-state index is 13.1. The number of ether oxygens (including phenoxy) is 1. The lowest BCUT2D eigenvalue weighted by Gasteiger charge is -2.23. The van der Waals surface area contributed by atoms with Gasteiger partial charge in [0.15, 0.2) is 5.96 Å². The number of amides is 1. The van der Waals surface area contributed by atoms with Gasteiger partial charge in [-0.2, -0.15) is 0 Å². The van der Waals surface area contributed by atoms with Crippen LogP contribution in [0.4, 0.5) is 4.39 Å². The van der Waals surface area contributed by atoms with Crippen molar-refractivity contribution in [2.24, 2.45) is 16.6 Å². The third-order valence-corrected chi connectivity index (χ3v) is 4.39. The van der Waals surface area contributed by atoms with E-state index in [2.05, 4.69) is 10.3 Å². The lowest BCUT2D eigenvalue weighted by molar-refractivity contribution is -0.121. The predicted octanol–water partition coefficient (Wildman–Crippen LogP) is 3.06. The molecule has 1 unspecified atom stereocenters. The Hall–Kier alpha value is -2.36. The Morgan fingerprint density at radius 2 is 1.87 bits per heavy atom. The number of carbonyl (C=O) groups excluding carboxylic acids is 1. The summed E-state index contributed by atoms with van der Waals surface area (Å²) in [4.78, 5) is 18.4. The summed E-state index contributed by atoms with van der Waals surface area (Å²) in [6.07, 6.45) is 0.416. The molecule has 164 valence electrons. The molecule has 1 amide bonds. The lowest BCUT2D eigenvalue weighted by Crippen LogP contribution is -2.41. The second-order valence-corrected chi connectivity index (χ2v) is 6.71. The minimum atomic E-state index is -0.469. The molecule has 6 nitrogen and oxygen atoms in total. The number of rotatable bonds is 10. The number of nitrogens with two attached hydrogens (primary N) is 1. The van der Waals surface area contributed by atoms with Crippen LogP contribution >= 0.6 is 24.0 Å². The highest BCUT2D eigenvalue weighted by atomic mass is 127. The van der Waals surface area contributed by atoms with Gasteiger partial charge in [0.1, 0.15) is 18.2 Å². The summed E-state index contributed by atoms with van der Waals surface area (Å²) >= 11 is 0. The largest absolute Gasteiger partial charge is 0.492 e. The molecule has 0 saturated heterocycles. The highest BCUT2D eigenvalue weighted by Crippen LogP contribution is 2.11. The monoisotopic (exact) mass is 528 g/mol. The molecule has 2 aromatic rings. The molecule has 0 heterocycles. The summed E-state index contributed by atoms with van der Waals surface area (Å²) in [5.74, 6) is 0.286. The Labute approximate surface area is 194 Å². The number of nitrogens with one attached hydrogen (secondary N) is 1. The first kappa shape index (κ1) is 25.7. The molecule has 0 aliphatic rings. The molecule has 1 atom stereocenters. The van der Waals surface area contributed by atoms with Gasteiger partial charge in [-0.05, 0) is 43.2 Å². The molecular weight excluding hydrogens is 498 g/mol. The number of carbonyl (C=O) groups is 1. The van der Waals surface area contributed by atoms with Crippen LogP contribution in [0.25, 0.3) is 0 Å². The van der Waals surface area contributed by atoms with E-state index in [-0.39, 0.29) is 36.3 Å². The first-order chi connectivity index (χ1) is 14.0. The van der Waals surface area contributed by atoms with Crippen LogP contribution in [0, 0.1) is 11.7 Å². The predicted molar refractivity (Wildman–Crippen MR) is 129 cm³/mol. The molecule has 30 heavy (non-hydrogen) atoms. The van der Waals surface area contributed by atoms with E-state index in [1.54, 1.807) is 12.1 Å². The average molecular weight is 528 g/mol. The van der Waals surface area contributed by atoms with Crippen LogP contribution in [-0.2, 0) is 11.2 Å². The minimum absolute atomic E-state index is 0. The fourth-order valence-corrected chi connectivity index (χ4v) is 2.75. The number of benzene rings is 2. The molecular formula is C22H30FIN4O2. The third-order valence-electron chi connectivity index (χ3n) is 4.39. The van der Waals surface area contributed by atoms with E-state index in [1.165, 1.54) is 12.1 Å². The fraction of sp³-hybridized carbons (Fsp3) is 0.364. The van der Waals surface area contributed by atoms with E-state index in [4.69, 9.17) is 10.5 Å². The highest BCUT2D eigenvalue weighted by Gasteiger charge is 2.17. The van der Waals surface area contributed by atoms with Crippen molar-refractivity contribution < 1.29 is 13.9 Å². The molecule has 0 radical (unpaired) electrons. The molecule has 8 heteroatoms. The number of hydrogen-bond acceptors (Lipinski definition) is 3. The second kappa shape index (κ2) is 13.8. The number of primary amides is 1.